The highest BCUT2D eigenvalue weighted by Crippen LogP contribution is 2.34. The Kier molecular flexibility index (Phi) is 4.61. The van der Waals surface area contributed by atoms with Gasteiger partial charge < -0.3 is 10.3 Å². The van der Waals surface area contributed by atoms with Gasteiger partial charge in [0.25, 0.3) is 5.91 Å². The third-order valence-corrected chi connectivity index (χ3v) is 5.77. The molecule has 2 aromatic heterocycles. The highest BCUT2D eigenvalue weighted by molar-refractivity contribution is 7.13. The Morgan fingerprint density at radius 2 is 1.67 bits per heavy atom. The average Bonchev–Trinajstić information content (AvgIpc) is 3.42. The zero-order valence-corrected chi connectivity index (χ0v) is 16.5. The summed E-state index contributed by atoms with van der Waals surface area (Å²) in [5, 5.41) is 6.33. The van der Waals surface area contributed by atoms with Gasteiger partial charge in [-0.3, -0.25) is 4.79 Å². The van der Waals surface area contributed by atoms with E-state index < -0.39 is 0 Å². The van der Waals surface area contributed by atoms with Gasteiger partial charge in [0.05, 0.1) is 16.9 Å². The third kappa shape index (κ3) is 3.27. The number of amides is 1. The predicted octanol–water partition coefficient (Wildman–Crippen LogP) is 6.35. The van der Waals surface area contributed by atoms with Crippen molar-refractivity contribution < 1.29 is 9.18 Å². The molecule has 3 aromatic carbocycles. The van der Waals surface area contributed by atoms with E-state index in [1.807, 2.05) is 53.9 Å². The van der Waals surface area contributed by atoms with Crippen LogP contribution in [0.2, 0.25) is 0 Å². The number of carbonyl (C=O) groups is 1. The molecule has 5 rings (SSSR count). The number of benzene rings is 3. The Labute approximate surface area is 176 Å². The molecular weight excluding hydrogens is 397 g/mol. The molecule has 0 radical (unpaired) electrons. The fourth-order valence-electron chi connectivity index (χ4n) is 3.42. The minimum Gasteiger partial charge on any atom is -0.360 e. The van der Waals surface area contributed by atoms with Crippen LogP contribution in [-0.2, 0) is 0 Å². The van der Waals surface area contributed by atoms with Crippen LogP contribution in [0.1, 0.15) is 10.4 Å². The van der Waals surface area contributed by atoms with E-state index >= 15 is 0 Å². The first-order valence-corrected chi connectivity index (χ1v) is 10.3. The zero-order valence-electron chi connectivity index (χ0n) is 15.7. The number of hydrogen-bond acceptors (Lipinski definition) is 3. The first-order valence-electron chi connectivity index (χ1n) is 9.38. The van der Waals surface area contributed by atoms with Gasteiger partial charge in [0.15, 0.2) is 0 Å². The van der Waals surface area contributed by atoms with E-state index in [9.17, 15) is 9.18 Å². The number of halogens is 1. The SMILES string of the molecule is O=C(Nc1ccccc1-c1csc(-c2ccccc2F)n1)c1c[nH]c2ccccc12. The van der Waals surface area contributed by atoms with Crippen LogP contribution < -0.4 is 5.32 Å². The van der Waals surface area contributed by atoms with Gasteiger partial charge in [-0.25, -0.2) is 9.37 Å². The van der Waals surface area contributed by atoms with Gasteiger partial charge >= 0.3 is 0 Å². The second kappa shape index (κ2) is 7.57. The summed E-state index contributed by atoms with van der Waals surface area (Å²) in [5.74, 6) is -0.510. The molecule has 0 bridgehead atoms. The fraction of sp³-hybridized carbons (Fsp3) is 0. The number of H-pyrrole nitrogens is 1. The summed E-state index contributed by atoms with van der Waals surface area (Å²) in [6.07, 6.45) is 1.71. The molecule has 0 atom stereocenters. The number of para-hydroxylation sites is 2. The Bertz CT molecular complexity index is 1370. The van der Waals surface area contributed by atoms with E-state index in [-0.39, 0.29) is 11.7 Å². The highest BCUT2D eigenvalue weighted by atomic mass is 32.1. The number of aromatic amines is 1. The molecule has 1 amide bonds. The molecule has 4 nitrogen and oxygen atoms in total. The second-order valence-corrected chi connectivity index (χ2v) is 7.62. The largest absolute Gasteiger partial charge is 0.360 e. The minimum absolute atomic E-state index is 0.204. The van der Waals surface area contributed by atoms with Gasteiger partial charge in [-0.05, 0) is 24.3 Å². The molecule has 2 heterocycles. The Morgan fingerprint density at radius 1 is 0.933 bits per heavy atom. The number of anilines is 1. The van der Waals surface area contributed by atoms with Crippen LogP contribution in [0.3, 0.4) is 0 Å². The number of thiazole rings is 1. The minimum atomic E-state index is -0.306. The first kappa shape index (κ1) is 18.3. The van der Waals surface area contributed by atoms with Gasteiger partial charge in [0.1, 0.15) is 10.8 Å². The van der Waals surface area contributed by atoms with Crippen molar-refractivity contribution >= 4 is 33.8 Å². The van der Waals surface area contributed by atoms with Gasteiger partial charge in [-0.1, -0.05) is 48.5 Å². The normalized spacial score (nSPS) is 11.0. The lowest BCUT2D eigenvalue weighted by Gasteiger charge is -2.09. The van der Waals surface area contributed by atoms with E-state index in [4.69, 9.17) is 0 Å². The van der Waals surface area contributed by atoms with Crippen molar-refractivity contribution in [1.29, 1.82) is 0 Å². The van der Waals surface area contributed by atoms with Crippen molar-refractivity contribution in [3.63, 3.8) is 0 Å². The van der Waals surface area contributed by atoms with E-state index in [2.05, 4.69) is 15.3 Å². The van der Waals surface area contributed by atoms with Crippen molar-refractivity contribution in [2.24, 2.45) is 0 Å². The van der Waals surface area contributed by atoms with E-state index in [1.54, 1.807) is 24.4 Å². The monoisotopic (exact) mass is 413 g/mol. The number of aromatic nitrogens is 2. The molecular formula is C24H16FN3OS. The third-order valence-electron chi connectivity index (χ3n) is 4.89. The van der Waals surface area contributed by atoms with Crippen LogP contribution in [-0.4, -0.2) is 15.9 Å². The molecule has 0 aliphatic carbocycles. The zero-order chi connectivity index (χ0) is 20.5. The van der Waals surface area contributed by atoms with Gasteiger partial charge in [-0.2, -0.15) is 0 Å². The number of nitrogens with one attached hydrogen (secondary N) is 2. The maximum absolute atomic E-state index is 14.1. The topological polar surface area (TPSA) is 57.8 Å². The van der Waals surface area contributed by atoms with Crippen molar-refractivity contribution in [3.8, 4) is 21.8 Å². The Morgan fingerprint density at radius 3 is 2.53 bits per heavy atom. The summed E-state index contributed by atoms with van der Waals surface area (Å²) in [6.45, 7) is 0. The maximum atomic E-state index is 14.1. The molecule has 0 spiro atoms. The van der Waals surface area contributed by atoms with Crippen molar-refractivity contribution in [2.45, 2.75) is 0 Å². The van der Waals surface area contributed by atoms with E-state index in [0.717, 1.165) is 16.5 Å². The van der Waals surface area contributed by atoms with Crippen molar-refractivity contribution in [3.05, 3.63) is 95.8 Å². The lowest BCUT2D eigenvalue weighted by Crippen LogP contribution is -2.12. The lowest BCUT2D eigenvalue weighted by atomic mass is 10.1. The summed E-state index contributed by atoms with van der Waals surface area (Å²) in [6, 6.07) is 21.7. The molecule has 146 valence electrons. The summed E-state index contributed by atoms with van der Waals surface area (Å²) in [5.41, 5.74) is 4.07. The number of nitrogens with zero attached hydrogens (tertiary/aromatic N) is 1. The molecule has 0 aliphatic heterocycles. The molecule has 30 heavy (non-hydrogen) atoms. The van der Waals surface area contributed by atoms with Crippen molar-refractivity contribution in [2.75, 3.05) is 5.32 Å². The summed E-state index contributed by atoms with van der Waals surface area (Å²) < 4.78 is 14.1. The summed E-state index contributed by atoms with van der Waals surface area (Å²) >= 11 is 1.37. The lowest BCUT2D eigenvalue weighted by molar-refractivity contribution is 0.102. The van der Waals surface area contributed by atoms with Gasteiger partial charge in [0.2, 0.25) is 0 Å². The fourth-order valence-corrected chi connectivity index (χ4v) is 4.27. The standard InChI is InChI=1S/C24H16FN3OS/c25-19-10-4-1-8-16(19)24-28-22(14-30-24)17-9-3-6-12-21(17)27-23(29)18-13-26-20-11-5-2-7-15(18)20/h1-14,26H,(H,27,29). The van der Waals surface area contributed by atoms with Gasteiger partial charge in [-0.15, -0.1) is 11.3 Å². The van der Waals surface area contributed by atoms with Crippen LogP contribution in [0.5, 0.6) is 0 Å². The number of carbonyl (C=O) groups excluding carboxylic acids is 1. The smallest absolute Gasteiger partial charge is 0.257 e. The quantitative estimate of drug-likeness (QED) is 0.361. The molecule has 6 heteroatoms. The summed E-state index contributed by atoms with van der Waals surface area (Å²) in [7, 11) is 0. The number of rotatable bonds is 4. The highest BCUT2D eigenvalue weighted by Gasteiger charge is 2.16. The molecule has 0 aliphatic rings. The van der Waals surface area contributed by atoms with Crippen LogP contribution in [0, 0.1) is 5.82 Å². The molecule has 5 aromatic rings. The predicted molar refractivity (Wildman–Crippen MR) is 119 cm³/mol. The maximum Gasteiger partial charge on any atom is 0.257 e. The molecule has 0 unspecified atom stereocenters. The van der Waals surface area contributed by atoms with E-state index in [1.165, 1.54) is 17.4 Å². The van der Waals surface area contributed by atoms with Crippen LogP contribution in [0.25, 0.3) is 32.7 Å². The first-order chi connectivity index (χ1) is 14.7. The summed E-state index contributed by atoms with van der Waals surface area (Å²) in [4.78, 5) is 20.7. The second-order valence-electron chi connectivity index (χ2n) is 6.77. The van der Waals surface area contributed by atoms with E-state index in [0.29, 0.717) is 27.5 Å². The number of hydrogen-bond donors (Lipinski definition) is 2. The average molecular weight is 413 g/mol. The molecule has 0 saturated carbocycles. The Balaban J connectivity index is 1.48. The van der Waals surface area contributed by atoms with Crippen LogP contribution >= 0.6 is 11.3 Å². The number of fused-ring (bicyclic) bond motifs is 1. The van der Waals surface area contributed by atoms with Crippen LogP contribution in [0.4, 0.5) is 10.1 Å². The van der Waals surface area contributed by atoms with Gasteiger partial charge in [0, 0.05) is 33.6 Å². The van der Waals surface area contributed by atoms with Crippen molar-refractivity contribution in [1.82, 2.24) is 9.97 Å². The molecule has 0 saturated heterocycles. The molecule has 2 N–H and O–H groups in total. The molecule has 0 fully saturated rings. The Hall–Kier alpha value is -3.77. The van der Waals surface area contributed by atoms with Crippen LogP contribution in [0.15, 0.2) is 84.4 Å².